The number of nitrogens with one attached hydrogen (secondary N) is 1. The van der Waals surface area contributed by atoms with Gasteiger partial charge >= 0.3 is 0 Å². The minimum absolute atomic E-state index is 0.0346. The third-order valence-electron chi connectivity index (χ3n) is 4.49. The van der Waals surface area contributed by atoms with Gasteiger partial charge in [0, 0.05) is 40.7 Å². The average molecular weight is 447 g/mol. The van der Waals surface area contributed by atoms with E-state index in [2.05, 4.69) is 26.2 Å². The van der Waals surface area contributed by atoms with E-state index < -0.39 is 0 Å². The van der Waals surface area contributed by atoms with E-state index in [1.54, 1.807) is 17.2 Å². The summed E-state index contributed by atoms with van der Waals surface area (Å²) in [5.41, 5.74) is 3.24. The van der Waals surface area contributed by atoms with Gasteiger partial charge in [-0.05, 0) is 49.7 Å². The number of rotatable bonds is 6. The van der Waals surface area contributed by atoms with Gasteiger partial charge in [0.05, 0.1) is 16.8 Å². The minimum Gasteiger partial charge on any atom is -0.380 e. The lowest BCUT2D eigenvalue weighted by molar-refractivity contribution is 0.0773. The van der Waals surface area contributed by atoms with Crippen molar-refractivity contribution < 1.29 is 4.79 Å². The molecule has 1 N–H and O–H groups in total. The first-order chi connectivity index (χ1) is 13.0. The number of amides is 1. The Hall–Kier alpha value is -2.11. The fraction of sp³-hybridized carbons (Fsp3) is 0.238. The summed E-state index contributed by atoms with van der Waals surface area (Å²) in [6.45, 7) is 5.84. The van der Waals surface area contributed by atoms with Crippen LogP contribution in [0.5, 0.6) is 0 Å². The molecule has 0 bridgehead atoms. The maximum Gasteiger partial charge on any atom is 0.257 e. The summed E-state index contributed by atoms with van der Waals surface area (Å²) in [5.74, 6) is -0.0346. The number of carbonyl (C=O) groups excluding carboxylic acids is 1. The third-order valence-corrected chi connectivity index (χ3v) is 5.26. The number of aromatic nitrogens is 1. The Balaban J connectivity index is 2.04. The summed E-state index contributed by atoms with van der Waals surface area (Å²) < 4.78 is 1.03. The topological polar surface area (TPSA) is 45.2 Å². The first-order valence-corrected chi connectivity index (χ1v) is 10.1. The summed E-state index contributed by atoms with van der Waals surface area (Å²) in [4.78, 5) is 19.3. The summed E-state index contributed by atoms with van der Waals surface area (Å²) in [6, 6.07) is 13.6. The highest BCUT2D eigenvalue weighted by atomic mass is 79.9. The van der Waals surface area contributed by atoms with Crippen molar-refractivity contribution in [1.29, 1.82) is 0 Å². The fourth-order valence-corrected chi connectivity index (χ4v) is 3.43. The number of anilines is 1. The van der Waals surface area contributed by atoms with Gasteiger partial charge in [0.15, 0.2) is 0 Å². The second kappa shape index (κ2) is 8.72. The molecule has 0 atom stereocenters. The van der Waals surface area contributed by atoms with Crippen molar-refractivity contribution in [2.75, 3.05) is 18.4 Å². The zero-order chi connectivity index (χ0) is 19.4. The summed E-state index contributed by atoms with van der Waals surface area (Å²) in [5, 5.41) is 4.90. The van der Waals surface area contributed by atoms with Crippen molar-refractivity contribution in [1.82, 2.24) is 9.88 Å². The molecule has 0 aliphatic rings. The van der Waals surface area contributed by atoms with Gasteiger partial charge in [-0.1, -0.05) is 39.7 Å². The Morgan fingerprint density at radius 3 is 2.52 bits per heavy atom. The van der Waals surface area contributed by atoms with Crippen molar-refractivity contribution in [3.05, 3.63) is 69.3 Å². The van der Waals surface area contributed by atoms with E-state index in [1.165, 1.54) is 0 Å². The summed E-state index contributed by atoms with van der Waals surface area (Å²) >= 11 is 9.67. The number of nitrogens with zero attached hydrogens (tertiary/aromatic N) is 2. The summed E-state index contributed by atoms with van der Waals surface area (Å²) in [6.07, 6.45) is 1.65. The van der Waals surface area contributed by atoms with E-state index in [0.29, 0.717) is 30.2 Å². The fourth-order valence-electron chi connectivity index (χ4n) is 2.99. The van der Waals surface area contributed by atoms with Gasteiger partial charge in [-0.2, -0.15) is 0 Å². The van der Waals surface area contributed by atoms with Crippen LogP contribution in [0.3, 0.4) is 0 Å². The van der Waals surface area contributed by atoms with Crippen LogP contribution in [0.25, 0.3) is 10.9 Å². The van der Waals surface area contributed by atoms with Crippen LogP contribution in [0.1, 0.15) is 29.8 Å². The predicted molar refractivity (Wildman–Crippen MR) is 115 cm³/mol. The van der Waals surface area contributed by atoms with Crippen LogP contribution in [0.2, 0.25) is 5.02 Å². The molecule has 0 spiro atoms. The van der Waals surface area contributed by atoms with Gasteiger partial charge in [-0.15, -0.1) is 0 Å². The molecular formula is C21H21BrClN3O. The average Bonchev–Trinajstić information content (AvgIpc) is 2.68. The van der Waals surface area contributed by atoms with Crippen molar-refractivity contribution in [2.24, 2.45) is 0 Å². The Morgan fingerprint density at radius 2 is 1.85 bits per heavy atom. The monoisotopic (exact) mass is 445 g/mol. The van der Waals surface area contributed by atoms with Crippen LogP contribution in [0.15, 0.2) is 53.1 Å². The number of fused-ring (bicyclic) bond motifs is 1. The summed E-state index contributed by atoms with van der Waals surface area (Å²) in [7, 11) is 0. The Morgan fingerprint density at radius 1 is 1.15 bits per heavy atom. The predicted octanol–water partition coefficient (Wildman–Crippen LogP) is 5.74. The Kier molecular flexibility index (Phi) is 6.34. The van der Waals surface area contributed by atoms with E-state index in [-0.39, 0.29) is 5.91 Å². The lowest BCUT2D eigenvalue weighted by Gasteiger charge is -2.21. The minimum atomic E-state index is -0.0346. The molecule has 0 aliphatic heterocycles. The molecule has 0 unspecified atom stereocenters. The number of benzene rings is 2. The molecule has 27 heavy (non-hydrogen) atoms. The van der Waals surface area contributed by atoms with Gasteiger partial charge in [0.2, 0.25) is 0 Å². The molecule has 3 aromatic rings. The van der Waals surface area contributed by atoms with Crippen LogP contribution >= 0.6 is 27.5 Å². The van der Waals surface area contributed by atoms with Gasteiger partial charge < -0.3 is 10.2 Å². The second-order valence-electron chi connectivity index (χ2n) is 6.17. The standard InChI is InChI=1S/C21H21BrClN3O/c1-3-26(4-2)21(27)18-13-24-19-10-9-16(23)11-17(19)20(18)25-12-14-5-7-15(22)8-6-14/h5-11,13H,3-4,12H2,1-2H3,(H,24,25). The molecule has 2 aromatic carbocycles. The molecule has 0 aliphatic carbocycles. The van der Waals surface area contributed by atoms with Crippen molar-refractivity contribution in [3.8, 4) is 0 Å². The first kappa shape index (κ1) is 19.6. The largest absolute Gasteiger partial charge is 0.380 e. The van der Waals surface area contributed by atoms with Crippen molar-refractivity contribution in [3.63, 3.8) is 0 Å². The highest BCUT2D eigenvalue weighted by Crippen LogP contribution is 2.30. The maximum atomic E-state index is 13.0. The Labute approximate surface area is 172 Å². The zero-order valence-electron chi connectivity index (χ0n) is 15.3. The number of hydrogen-bond acceptors (Lipinski definition) is 3. The molecule has 1 aromatic heterocycles. The number of hydrogen-bond donors (Lipinski definition) is 1. The van der Waals surface area contributed by atoms with Crippen molar-refractivity contribution >= 4 is 50.0 Å². The molecule has 1 heterocycles. The van der Waals surface area contributed by atoms with Crippen LogP contribution in [-0.2, 0) is 6.54 Å². The second-order valence-corrected chi connectivity index (χ2v) is 7.52. The molecule has 1 amide bonds. The molecule has 0 saturated carbocycles. The SMILES string of the molecule is CCN(CC)C(=O)c1cnc2ccc(Cl)cc2c1NCc1ccc(Br)cc1. The molecule has 0 saturated heterocycles. The highest BCUT2D eigenvalue weighted by Gasteiger charge is 2.19. The number of halogens is 2. The normalized spacial score (nSPS) is 10.8. The van der Waals surface area contributed by atoms with Gasteiger partial charge in [-0.25, -0.2) is 0 Å². The first-order valence-electron chi connectivity index (χ1n) is 8.89. The highest BCUT2D eigenvalue weighted by molar-refractivity contribution is 9.10. The van der Waals surface area contributed by atoms with E-state index >= 15 is 0 Å². The van der Waals surface area contributed by atoms with Gasteiger partial charge in [0.25, 0.3) is 5.91 Å². The number of pyridine rings is 1. The van der Waals surface area contributed by atoms with Crippen LogP contribution in [-0.4, -0.2) is 28.9 Å². The molecule has 3 rings (SSSR count). The molecule has 0 radical (unpaired) electrons. The van der Waals surface area contributed by atoms with Crippen LogP contribution in [0.4, 0.5) is 5.69 Å². The molecule has 0 fully saturated rings. The van der Waals surface area contributed by atoms with Gasteiger partial charge in [0.1, 0.15) is 0 Å². The molecule has 4 nitrogen and oxygen atoms in total. The lowest BCUT2D eigenvalue weighted by atomic mass is 10.1. The molecule has 140 valence electrons. The molecular weight excluding hydrogens is 426 g/mol. The van der Waals surface area contributed by atoms with Crippen molar-refractivity contribution in [2.45, 2.75) is 20.4 Å². The van der Waals surface area contributed by atoms with E-state index in [1.807, 2.05) is 50.2 Å². The van der Waals surface area contributed by atoms with E-state index in [9.17, 15) is 4.79 Å². The third kappa shape index (κ3) is 4.42. The lowest BCUT2D eigenvalue weighted by Crippen LogP contribution is -2.31. The van der Waals surface area contributed by atoms with Crippen LogP contribution in [0, 0.1) is 0 Å². The van der Waals surface area contributed by atoms with E-state index in [0.717, 1.165) is 26.6 Å². The zero-order valence-corrected chi connectivity index (χ0v) is 17.6. The Bertz CT molecular complexity index is 956. The van der Waals surface area contributed by atoms with E-state index in [4.69, 9.17) is 11.6 Å². The van der Waals surface area contributed by atoms with Crippen LogP contribution < -0.4 is 5.32 Å². The quantitative estimate of drug-likeness (QED) is 0.525. The smallest absolute Gasteiger partial charge is 0.257 e. The number of carbonyl (C=O) groups is 1. The maximum absolute atomic E-state index is 13.0. The molecule has 6 heteroatoms. The van der Waals surface area contributed by atoms with Gasteiger partial charge in [-0.3, -0.25) is 9.78 Å².